The highest BCUT2D eigenvalue weighted by Crippen LogP contribution is 2.20. The minimum absolute atomic E-state index is 0.125. The summed E-state index contributed by atoms with van der Waals surface area (Å²) in [6.07, 6.45) is 1.52. The molecule has 1 aliphatic heterocycles. The number of hydrogen-bond acceptors (Lipinski definition) is 5. The molecule has 1 heterocycles. The van der Waals surface area contributed by atoms with Gasteiger partial charge in [0, 0.05) is 6.54 Å². The zero-order chi connectivity index (χ0) is 14.6. The van der Waals surface area contributed by atoms with Crippen molar-refractivity contribution >= 4 is 22.1 Å². The Labute approximate surface area is 111 Å². The smallest absolute Gasteiger partial charge is 0.323 e. The van der Waals surface area contributed by atoms with Crippen molar-refractivity contribution in [1.82, 2.24) is 9.03 Å². The Kier molecular flexibility index (Phi) is 5.27. The standard InChI is InChI=1S/C10H18N2O6S/c1-7(10(15)18-2)11-19(16,17)12-6-4-3-5-8(12)9(13)14/h7-8,11H,3-6H2,1-2H3,(H,13,14)/t7-,8?/m0/s1. The van der Waals surface area contributed by atoms with Crippen molar-refractivity contribution in [1.29, 1.82) is 0 Å². The number of rotatable bonds is 5. The lowest BCUT2D eigenvalue weighted by Crippen LogP contribution is -2.54. The van der Waals surface area contributed by atoms with E-state index in [0.29, 0.717) is 12.8 Å². The van der Waals surface area contributed by atoms with Gasteiger partial charge in [-0.2, -0.15) is 17.4 Å². The largest absolute Gasteiger partial charge is 0.480 e. The number of carbonyl (C=O) groups excluding carboxylic acids is 1. The molecular formula is C10H18N2O6S. The molecule has 0 radical (unpaired) electrons. The molecule has 9 heteroatoms. The number of carboxylic acid groups (broad SMARTS) is 1. The van der Waals surface area contributed by atoms with Gasteiger partial charge in [-0.3, -0.25) is 9.59 Å². The molecule has 1 saturated heterocycles. The first-order valence-corrected chi connectivity index (χ1v) is 7.33. The minimum Gasteiger partial charge on any atom is -0.480 e. The van der Waals surface area contributed by atoms with Gasteiger partial charge in [-0.15, -0.1) is 0 Å². The summed E-state index contributed by atoms with van der Waals surface area (Å²) in [4.78, 5) is 22.3. The van der Waals surface area contributed by atoms with Crippen LogP contribution in [0.5, 0.6) is 0 Å². The highest BCUT2D eigenvalue weighted by molar-refractivity contribution is 7.87. The molecule has 0 aromatic heterocycles. The zero-order valence-corrected chi connectivity index (χ0v) is 11.6. The van der Waals surface area contributed by atoms with E-state index >= 15 is 0 Å². The van der Waals surface area contributed by atoms with Crippen LogP contribution in [-0.2, 0) is 24.5 Å². The predicted molar refractivity (Wildman–Crippen MR) is 65.5 cm³/mol. The topological polar surface area (TPSA) is 113 Å². The maximum atomic E-state index is 12.1. The normalized spacial score (nSPS) is 22.7. The summed E-state index contributed by atoms with van der Waals surface area (Å²) in [5.74, 6) is -1.91. The van der Waals surface area contributed by atoms with E-state index in [-0.39, 0.29) is 13.0 Å². The van der Waals surface area contributed by atoms with E-state index < -0.39 is 34.2 Å². The first-order valence-electron chi connectivity index (χ1n) is 5.89. The Morgan fingerprint density at radius 1 is 1.42 bits per heavy atom. The van der Waals surface area contributed by atoms with Gasteiger partial charge in [0.1, 0.15) is 12.1 Å². The van der Waals surface area contributed by atoms with Crippen LogP contribution in [0.1, 0.15) is 26.2 Å². The molecule has 8 nitrogen and oxygen atoms in total. The van der Waals surface area contributed by atoms with Gasteiger partial charge < -0.3 is 9.84 Å². The molecule has 1 fully saturated rings. The van der Waals surface area contributed by atoms with E-state index in [0.717, 1.165) is 11.4 Å². The van der Waals surface area contributed by atoms with Crippen molar-refractivity contribution in [3.8, 4) is 0 Å². The SMILES string of the molecule is COC(=O)[C@H](C)NS(=O)(=O)N1CCCCC1C(=O)O. The molecule has 0 aromatic rings. The van der Waals surface area contributed by atoms with Gasteiger partial charge in [0.05, 0.1) is 7.11 Å². The summed E-state index contributed by atoms with van der Waals surface area (Å²) in [5.41, 5.74) is 0. The monoisotopic (exact) mass is 294 g/mol. The quantitative estimate of drug-likeness (QED) is 0.650. The van der Waals surface area contributed by atoms with Crippen molar-refractivity contribution in [2.75, 3.05) is 13.7 Å². The molecular weight excluding hydrogens is 276 g/mol. The molecule has 0 amide bonds. The van der Waals surface area contributed by atoms with Crippen molar-refractivity contribution in [2.45, 2.75) is 38.3 Å². The highest BCUT2D eigenvalue weighted by atomic mass is 32.2. The third-order valence-electron chi connectivity index (χ3n) is 2.93. The highest BCUT2D eigenvalue weighted by Gasteiger charge is 2.38. The Bertz CT molecular complexity index is 449. The summed E-state index contributed by atoms with van der Waals surface area (Å²) < 4.78 is 31.6. The lowest BCUT2D eigenvalue weighted by Gasteiger charge is -2.32. The summed E-state index contributed by atoms with van der Waals surface area (Å²) in [6.45, 7) is 1.46. The molecule has 1 unspecified atom stereocenters. The first kappa shape index (κ1) is 15.9. The van der Waals surface area contributed by atoms with Crippen LogP contribution in [0.4, 0.5) is 0 Å². The van der Waals surface area contributed by atoms with Crippen molar-refractivity contribution < 1.29 is 27.9 Å². The Hall–Kier alpha value is -1.19. The number of hydrogen-bond donors (Lipinski definition) is 2. The van der Waals surface area contributed by atoms with E-state index in [9.17, 15) is 18.0 Å². The first-order chi connectivity index (χ1) is 8.79. The molecule has 1 rings (SSSR count). The van der Waals surface area contributed by atoms with Crippen molar-refractivity contribution in [3.05, 3.63) is 0 Å². The van der Waals surface area contributed by atoms with Crippen LogP contribution >= 0.6 is 0 Å². The second kappa shape index (κ2) is 6.31. The number of nitrogens with zero attached hydrogens (tertiary/aromatic N) is 1. The molecule has 0 spiro atoms. The van der Waals surface area contributed by atoms with Gasteiger partial charge in [0.2, 0.25) is 0 Å². The van der Waals surface area contributed by atoms with Gasteiger partial charge in [-0.25, -0.2) is 0 Å². The van der Waals surface area contributed by atoms with Crippen LogP contribution in [-0.4, -0.2) is 55.5 Å². The van der Waals surface area contributed by atoms with Gasteiger partial charge in [-0.1, -0.05) is 0 Å². The van der Waals surface area contributed by atoms with Crippen LogP contribution in [0, 0.1) is 0 Å². The van der Waals surface area contributed by atoms with Gasteiger partial charge in [-0.05, 0) is 26.2 Å². The second-order valence-corrected chi connectivity index (χ2v) is 5.98. The lowest BCUT2D eigenvalue weighted by atomic mass is 10.1. The fraction of sp³-hybridized carbons (Fsp3) is 0.800. The third kappa shape index (κ3) is 3.88. The minimum atomic E-state index is -4.03. The second-order valence-electron chi connectivity index (χ2n) is 4.33. The summed E-state index contributed by atoms with van der Waals surface area (Å²) in [7, 11) is -2.88. The van der Waals surface area contributed by atoms with E-state index in [1.165, 1.54) is 6.92 Å². The van der Waals surface area contributed by atoms with Gasteiger partial charge >= 0.3 is 11.9 Å². The van der Waals surface area contributed by atoms with Crippen molar-refractivity contribution in [3.63, 3.8) is 0 Å². The zero-order valence-electron chi connectivity index (χ0n) is 10.8. The third-order valence-corrected chi connectivity index (χ3v) is 4.63. The van der Waals surface area contributed by atoms with E-state index in [4.69, 9.17) is 5.11 Å². The van der Waals surface area contributed by atoms with E-state index in [1.807, 2.05) is 0 Å². The molecule has 110 valence electrons. The van der Waals surface area contributed by atoms with Gasteiger partial charge in [0.15, 0.2) is 0 Å². The number of methoxy groups -OCH3 is 1. The van der Waals surface area contributed by atoms with E-state index in [2.05, 4.69) is 9.46 Å². The average molecular weight is 294 g/mol. The molecule has 0 aromatic carbocycles. The van der Waals surface area contributed by atoms with Crippen LogP contribution in [0.3, 0.4) is 0 Å². The van der Waals surface area contributed by atoms with Crippen molar-refractivity contribution in [2.24, 2.45) is 0 Å². The summed E-state index contributed by atoms with van der Waals surface area (Å²) in [5, 5.41) is 9.04. The molecule has 1 aliphatic rings. The Morgan fingerprint density at radius 2 is 2.05 bits per heavy atom. The predicted octanol–water partition coefficient (Wildman–Crippen LogP) is -0.679. The fourth-order valence-electron chi connectivity index (χ4n) is 1.96. The molecule has 0 aliphatic carbocycles. The number of piperidine rings is 1. The maximum absolute atomic E-state index is 12.1. The molecule has 19 heavy (non-hydrogen) atoms. The molecule has 2 N–H and O–H groups in total. The number of carbonyl (C=O) groups is 2. The summed E-state index contributed by atoms with van der Waals surface area (Å²) in [6, 6.07) is -2.15. The molecule has 0 bridgehead atoms. The number of aliphatic carboxylic acids is 1. The lowest BCUT2D eigenvalue weighted by molar-refractivity contribution is -0.142. The van der Waals surface area contributed by atoms with Gasteiger partial charge in [0.25, 0.3) is 10.2 Å². The number of esters is 1. The Morgan fingerprint density at radius 3 is 2.58 bits per heavy atom. The Balaban J connectivity index is 2.85. The maximum Gasteiger partial charge on any atom is 0.323 e. The van der Waals surface area contributed by atoms with Crippen LogP contribution in [0.25, 0.3) is 0 Å². The van der Waals surface area contributed by atoms with E-state index in [1.54, 1.807) is 0 Å². The molecule has 0 saturated carbocycles. The fourth-order valence-corrected chi connectivity index (χ4v) is 3.53. The van der Waals surface area contributed by atoms with Crippen LogP contribution in [0.2, 0.25) is 0 Å². The molecule has 2 atom stereocenters. The number of carboxylic acids is 1. The van der Waals surface area contributed by atoms with Crippen LogP contribution in [0.15, 0.2) is 0 Å². The van der Waals surface area contributed by atoms with Crippen LogP contribution < -0.4 is 4.72 Å². The average Bonchev–Trinajstić information content (AvgIpc) is 2.37. The number of ether oxygens (including phenoxy) is 1. The summed E-state index contributed by atoms with van der Waals surface area (Å²) >= 11 is 0. The number of nitrogens with one attached hydrogen (secondary N) is 1.